The van der Waals surface area contributed by atoms with Crippen molar-refractivity contribution < 1.29 is 0 Å². The van der Waals surface area contributed by atoms with Crippen LogP contribution in [0.4, 0.5) is 0 Å². The Bertz CT molecular complexity index is 165. The summed E-state index contributed by atoms with van der Waals surface area (Å²) in [6.07, 6.45) is 1.22. The highest BCUT2D eigenvalue weighted by Crippen LogP contribution is 2.24. The first kappa shape index (κ1) is 13.3. The molecule has 3 heteroatoms. The standard InChI is InChI=1S/C12H26N2S/c1-5-10(2)13-6-7-14-8-11(3)15-12(4)9-14/h10-13H,5-9H2,1-4H3. The van der Waals surface area contributed by atoms with Gasteiger partial charge in [-0.2, -0.15) is 11.8 Å². The molecule has 1 aliphatic rings. The number of rotatable bonds is 5. The third-order valence-electron chi connectivity index (χ3n) is 3.03. The van der Waals surface area contributed by atoms with Gasteiger partial charge >= 0.3 is 0 Å². The minimum atomic E-state index is 0.666. The summed E-state index contributed by atoms with van der Waals surface area (Å²) in [5.74, 6) is 0. The molecule has 0 aromatic carbocycles. The van der Waals surface area contributed by atoms with Crippen LogP contribution in [0.3, 0.4) is 0 Å². The average molecular weight is 230 g/mol. The molecule has 0 saturated carbocycles. The summed E-state index contributed by atoms with van der Waals surface area (Å²) in [4.78, 5) is 2.60. The van der Waals surface area contributed by atoms with Crippen LogP contribution in [-0.4, -0.2) is 47.6 Å². The molecule has 1 N–H and O–H groups in total. The first-order valence-corrected chi connectivity index (χ1v) is 7.17. The lowest BCUT2D eigenvalue weighted by Gasteiger charge is -2.34. The molecular weight excluding hydrogens is 204 g/mol. The summed E-state index contributed by atoms with van der Waals surface area (Å²) in [7, 11) is 0. The van der Waals surface area contributed by atoms with Crippen LogP contribution < -0.4 is 5.32 Å². The van der Waals surface area contributed by atoms with Gasteiger partial charge in [-0.15, -0.1) is 0 Å². The van der Waals surface area contributed by atoms with Gasteiger partial charge in [0.25, 0.3) is 0 Å². The predicted octanol–water partition coefficient (Wildman–Crippen LogP) is 2.20. The summed E-state index contributed by atoms with van der Waals surface area (Å²) >= 11 is 2.13. The molecule has 0 radical (unpaired) electrons. The highest BCUT2D eigenvalue weighted by molar-refractivity contribution is 8.00. The summed E-state index contributed by atoms with van der Waals surface area (Å²) in [5, 5.41) is 5.17. The molecule has 1 aliphatic heterocycles. The first-order chi connectivity index (χ1) is 7.11. The van der Waals surface area contributed by atoms with Gasteiger partial charge in [-0.25, -0.2) is 0 Å². The van der Waals surface area contributed by atoms with E-state index in [1.54, 1.807) is 0 Å². The van der Waals surface area contributed by atoms with Gasteiger partial charge < -0.3 is 5.32 Å². The van der Waals surface area contributed by atoms with Crippen molar-refractivity contribution in [2.75, 3.05) is 26.2 Å². The molecular formula is C12H26N2S. The summed E-state index contributed by atoms with van der Waals surface area (Å²) in [5.41, 5.74) is 0. The van der Waals surface area contributed by atoms with Gasteiger partial charge in [0, 0.05) is 42.7 Å². The topological polar surface area (TPSA) is 15.3 Å². The Morgan fingerprint density at radius 3 is 2.47 bits per heavy atom. The fraction of sp³-hybridized carbons (Fsp3) is 1.00. The molecule has 0 aliphatic carbocycles. The van der Waals surface area contributed by atoms with Gasteiger partial charge in [0.15, 0.2) is 0 Å². The van der Waals surface area contributed by atoms with E-state index >= 15 is 0 Å². The molecule has 1 fully saturated rings. The first-order valence-electron chi connectivity index (χ1n) is 6.23. The number of nitrogens with one attached hydrogen (secondary N) is 1. The third-order valence-corrected chi connectivity index (χ3v) is 4.26. The van der Waals surface area contributed by atoms with E-state index in [4.69, 9.17) is 0 Å². The lowest BCUT2D eigenvalue weighted by molar-refractivity contribution is 0.266. The van der Waals surface area contributed by atoms with E-state index in [1.807, 2.05) is 0 Å². The van der Waals surface area contributed by atoms with Gasteiger partial charge in [0.1, 0.15) is 0 Å². The van der Waals surface area contributed by atoms with Crippen molar-refractivity contribution in [3.05, 3.63) is 0 Å². The molecule has 1 saturated heterocycles. The number of thioether (sulfide) groups is 1. The highest BCUT2D eigenvalue weighted by Gasteiger charge is 2.21. The largest absolute Gasteiger partial charge is 0.313 e. The van der Waals surface area contributed by atoms with Crippen molar-refractivity contribution in [1.29, 1.82) is 0 Å². The lowest BCUT2D eigenvalue weighted by atomic mass is 10.2. The molecule has 1 heterocycles. The van der Waals surface area contributed by atoms with Crippen molar-refractivity contribution in [2.24, 2.45) is 0 Å². The maximum absolute atomic E-state index is 3.56. The van der Waals surface area contributed by atoms with Crippen LogP contribution in [0.1, 0.15) is 34.1 Å². The Labute approximate surface area is 99.2 Å². The second kappa shape index (κ2) is 6.77. The molecule has 0 aromatic rings. The molecule has 0 amide bonds. The van der Waals surface area contributed by atoms with Crippen LogP contribution in [0.15, 0.2) is 0 Å². The van der Waals surface area contributed by atoms with E-state index in [-0.39, 0.29) is 0 Å². The smallest absolute Gasteiger partial charge is 0.0149 e. The zero-order valence-electron chi connectivity index (χ0n) is 10.6. The van der Waals surface area contributed by atoms with E-state index in [0.29, 0.717) is 6.04 Å². The average Bonchev–Trinajstić information content (AvgIpc) is 2.16. The minimum absolute atomic E-state index is 0.666. The van der Waals surface area contributed by atoms with Crippen molar-refractivity contribution in [3.63, 3.8) is 0 Å². The van der Waals surface area contributed by atoms with Gasteiger partial charge in [-0.1, -0.05) is 20.8 Å². The Hall–Kier alpha value is 0.270. The fourth-order valence-corrected chi connectivity index (χ4v) is 3.47. The molecule has 0 aromatic heterocycles. The minimum Gasteiger partial charge on any atom is -0.313 e. The van der Waals surface area contributed by atoms with Gasteiger partial charge in [0.2, 0.25) is 0 Å². The SMILES string of the molecule is CCC(C)NCCN1CC(C)SC(C)C1. The van der Waals surface area contributed by atoms with Crippen LogP contribution in [-0.2, 0) is 0 Å². The zero-order chi connectivity index (χ0) is 11.3. The quantitative estimate of drug-likeness (QED) is 0.779. The monoisotopic (exact) mass is 230 g/mol. The molecule has 0 spiro atoms. The second-order valence-electron chi connectivity index (χ2n) is 4.78. The summed E-state index contributed by atoms with van der Waals surface area (Å²) in [6.45, 7) is 14.1. The summed E-state index contributed by atoms with van der Waals surface area (Å²) in [6, 6.07) is 0.666. The highest BCUT2D eigenvalue weighted by atomic mass is 32.2. The van der Waals surface area contributed by atoms with Gasteiger partial charge in [-0.3, -0.25) is 4.90 Å². The molecule has 1 rings (SSSR count). The van der Waals surface area contributed by atoms with Crippen LogP contribution in [0.2, 0.25) is 0 Å². The zero-order valence-corrected chi connectivity index (χ0v) is 11.4. The second-order valence-corrected chi connectivity index (χ2v) is 6.66. The molecule has 3 unspecified atom stereocenters. The van der Waals surface area contributed by atoms with Crippen molar-refractivity contribution in [3.8, 4) is 0 Å². The van der Waals surface area contributed by atoms with E-state index in [2.05, 4.69) is 49.7 Å². The Kier molecular flexibility index (Phi) is 6.02. The number of hydrogen-bond acceptors (Lipinski definition) is 3. The Morgan fingerprint density at radius 1 is 1.33 bits per heavy atom. The van der Waals surface area contributed by atoms with E-state index < -0.39 is 0 Å². The van der Waals surface area contributed by atoms with Crippen molar-refractivity contribution in [1.82, 2.24) is 10.2 Å². The summed E-state index contributed by atoms with van der Waals surface area (Å²) < 4.78 is 0. The molecule has 3 atom stereocenters. The van der Waals surface area contributed by atoms with Crippen LogP contribution in [0, 0.1) is 0 Å². The maximum atomic E-state index is 3.56. The normalized spacial score (nSPS) is 30.4. The molecule has 15 heavy (non-hydrogen) atoms. The predicted molar refractivity (Wildman–Crippen MR) is 70.7 cm³/mol. The molecule has 0 bridgehead atoms. The Balaban J connectivity index is 2.15. The van der Waals surface area contributed by atoms with Crippen LogP contribution in [0.5, 0.6) is 0 Å². The molecule has 2 nitrogen and oxygen atoms in total. The number of hydrogen-bond donors (Lipinski definition) is 1. The van der Waals surface area contributed by atoms with Gasteiger partial charge in [0.05, 0.1) is 0 Å². The third kappa shape index (κ3) is 5.23. The lowest BCUT2D eigenvalue weighted by Crippen LogP contribution is -2.44. The number of nitrogens with zero attached hydrogens (tertiary/aromatic N) is 1. The maximum Gasteiger partial charge on any atom is 0.0149 e. The van der Waals surface area contributed by atoms with Crippen molar-refractivity contribution in [2.45, 2.75) is 50.7 Å². The van der Waals surface area contributed by atoms with Crippen LogP contribution >= 0.6 is 11.8 Å². The van der Waals surface area contributed by atoms with E-state index in [1.165, 1.54) is 26.1 Å². The van der Waals surface area contributed by atoms with Gasteiger partial charge in [-0.05, 0) is 13.3 Å². The fourth-order valence-electron chi connectivity index (χ4n) is 2.08. The van der Waals surface area contributed by atoms with E-state index in [0.717, 1.165) is 17.0 Å². The molecule has 90 valence electrons. The van der Waals surface area contributed by atoms with Crippen LogP contribution in [0.25, 0.3) is 0 Å². The van der Waals surface area contributed by atoms with E-state index in [9.17, 15) is 0 Å². The Morgan fingerprint density at radius 2 is 1.93 bits per heavy atom. The van der Waals surface area contributed by atoms with Crippen molar-refractivity contribution >= 4 is 11.8 Å².